The first-order valence-corrected chi connectivity index (χ1v) is 4.75. The standard InChI is InChI=1S/C11H18N2O/c1-11(2,12-3)8-9-7-10(14-4)5-6-13-9/h5-7,12H,8H2,1-4H3. The highest BCUT2D eigenvalue weighted by Crippen LogP contribution is 2.15. The van der Waals surface area contributed by atoms with E-state index < -0.39 is 0 Å². The van der Waals surface area contributed by atoms with Crippen molar-refractivity contribution in [2.75, 3.05) is 14.2 Å². The summed E-state index contributed by atoms with van der Waals surface area (Å²) in [6, 6.07) is 3.83. The van der Waals surface area contributed by atoms with Crippen LogP contribution in [-0.2, 0) is 6.42 Å². The lowest BCUT2D eigenvalue weighted by molar-refractivity contribution is 0.404. The lowest BCUT2D eigenvalue weighted by Gasteiger charge is -2.23. The topological polar surface area (TPSA) is 34.1 Å². The van der Waals surface area contributed by atoms with Crippen LogP contribution in [0.1, 0.15) is 19.5 Å². The molecule has 3 heteroatoms. The van der Waals surface area contributed by atoms with Crippen molar-refractivity contribution in [2.24, 2.45) is 0 Å². The van der Waals surface area contributed by atoms with Crippen molar-refractivity contribution in [1.82, 2.24) is 10.3 Å². The third kappa shape index (κ3) is 3.00. The van der Waals surface area contributed by atoms with Gasteiger partial charge >= 0.3 is 0 Å². The molecule has 0 atom stereocenters. The molecule has 0 radical (unpaired) electrons. The first-order valence-electron chi connectivity index (χ1n) is 4.75. The summed E-state index contributed by atoms with van der Waals surface area (Å²) in [4.78, 5) is 4.30. The van der Waals surface area contributed by atoms with Crippen LogP contribution in [-0.4, -0.2) is 24.7 Å². The number of nitrogens with zero attached hydrogens (tertiary/aromatic N) is 1. The molecule has 1 heterocycles. The SMILES string of the molecule is CNC(C)(C)Cc1cc(OC)ccn1. The van der Waals surface area contributed by atoms with Crippen LogP contribution in [0.5, 0.6) is 5.75 Å². The van der Waals surface area contributed by atoms with Crippen LogP contribution in [0.2, 0.25) is 0 Å². The molecule has 1 aromatic rings. The molecule has 0 saturated carbocycles. The number of hydrogen-bond donors (Lipinski definition) is 1. The maximum atomic E-state index is 5.14. The molecule has 1 rings (SSSR count). The summed E-state index contributed by atoms with van der Waals surface area (Å²) in [5.74, 6) is 0.863. The van der Waals surface area contributed by atoms with Crippen LogP contribution in [0.3, 0.4) is 0 Å². The van der Waals surface area contributed by atoms with E-state index in [0.29, 0.717) is 0 Å². The average molecular weight is 194 g/mol. The predicted molar refractivity (Wildman–Crippen MR) is 57.6 cm³/mol. The van der Waals surface area contributed by atoms with E-state index in [0.717, 1.165) is 17.9 Å². The minimum atomic E-state index is 0.0688. The molecule has 1 aromatic heterocycles. The van der Waals surface area contributed by atoms with Crippen molar-refractivity contribution < 1.29 is 4.74 Å². The van der Waals surface area contributed by atoms with Gasteiger partial charge in [-0.2, -0.15) is 0 Å². The number of rotatable bonds is 4. The summed E-state index contributed by atoms with van der Waals surface area (Å²) >= 11 is 0. The first-order chi connectivity index (χ1) is 6.57. The maximum absolute atomic E-state index is 5.14. The zero-order valence-corrected chi connectivity index (χ0v) is 9.29. The summed E-state index contributed by atoms with van der Waals surface area (Å²) in [6.45, 7) is 4.29. The molecule has 78 valence electrons. The third-order valence-electron chi connectivity index (χ3n) is 2.32. The molecular formula is C11H18N2O. The fourth-order valence-electron chi connectivity index (χ4n) is 1.22. The summed E-state index contributed by atoms with van der Waals surface area (Å²) in [7, 11) is 3.63. The van der Waals surface area contributed by atoms with Gasteiger partial charge in [0.05, 0.1) is 7.11 Å². The van der Waals surface area contributed by atoms with Crippen molar-refractivity contribution in [3.05, 3.63) is 24.0 Å². The van der Waals surface area contributed by atoms with E-state index in [9.17, 15) is 0 Å². The lowest BCUT2D eigenvalue weighted by Crippen LogP contribution is -2.38. The zero-order chi connectivity index (χ0) is 10.6. The highest BCUT2D eigenvalue weighted by Gasteiger charge is 2.16. The van der Waals surface area contributed by atoms with Crippen molar-refractivity contribution in [3.63, 3.8) is 0 Å². The highest BCUT2D eigenvalue weighted by molar-refractivity contribution is 5.23. The van der Waals surface area contributed by atoms with Crippen LogP contribution in [0.25, 0.3) is 0 Å². The predicted octanol–water partition coefficient (Wildman–Crippen LogP) is 1.63. The van der Waals surface area contributed by atoms with Crippen LogP contribution in [0, 0.1) is 0 Å². The second-order valence-corrected chi connectivity index (χ2v) is 4.00. The minimum Gasteiger partial charge on any atom is -0.497 e. The average Bonchev–Trinajstić information content (AvgIpc) is 2.17. The molecule has 14 heavy (non-hydrogen) atoms. The van der Waals surface area contributed by atoms with Crippen molar-refractivity contribution in [1.29, 1.82) is 0 Å². The molecule has 0 aliphatic heterocycles. The molecular weight excluding hydrogens is 176 g/mol. The first kappa shape index (κ1) is 11.0. The van der Waals surface area contributed by atoms with Gasteiger partial charge in [-0.1, -0.05) is 0 Å². The van der Waals surface area contributed by atoms with E-state index in [-0.39, 0.29) is 5.54 Å². The van der Waals surface area contributed by atoms with E-state index in [2.05, 4.69) is 24.1 Å². The largest absolute Gasteiger partial charge is 0.497 e. The van der Waals surface area contributed by atoms with Crippen LogP contribution >= 0.6 is 0 Å². The van der Waals surface area contributed by atoms with Gasteiger partial charge in [-0.3, -0.25) is 4.98 Å². The summed E-state index contributed by atoms with van der Waals surface area (Å²) in [5.41, 5.74) is 1.11. The van der Waals surface area contributed by atoms with Gasteiger partial charge in [0, 0.05) is 29.9 Å². The van der Waals surface area contributed by atoms with E-state index in [1.807, 2.05) is 19.2 Å². The Morgan fingerprint density at radius 1 is 1.50 bits per heavy atom. The number of methoxy groups -OCH3 is 1. The van der Waals surface area contributed by atoms with E-state index >= 15 is 0 Å². The van der Waals surface area contributed by atoms with Crippen LogP contribution in [0.15, 0.2) is 18.3 Å². The van der Waals surface area contributed by atoms with Crippen LogP contribution in [0.4, 0.5) is 0 Å². The van der Waals surface area contributed by atoms with Gasteiger partial charge in [-0.15, -0.1) is 0 Å². The smallest absolute Gasteiger partial charge is 0.122 e. The zero-order valence-electron chi connectivity index (χ0n) is 9.29. The number of nitrogens with one attached hydrogen (secondary N) is 1. The van der Waals surface area contributed by atoms with Gasteiger partial charge in [0.15, 0.2) is 0 Å². The molecule has 0 aliphatic carbocycles. The normalized spacial score (nSPS) is 11.4. The number of ether oxygens (including phenoxy) is 1. The Morgan fingerprint density at radius 2 is 2.21 bits per heavy atom. The molecule has 1 N–H and O–H groups in total. The van der Waals surface area contributed by atoms with Crippen molar-refractivity contribution >= 4 is 0 Å². The molecule has 0 saturated heterocycles. The second kappa shape index (κ2) is 4.42. The molecule has 0 spiro atoms. The van der Waals surface area contributed by atoms with E-state index in [4.69, 9.17) is 4.74 Å². The Kier molecular flexibility index (Phi) is 3.47. The molecule has 0 unspecified atom stereocenters. The summed E-state index contributed by atoms with van der Waals surface area (Å²) in [6.07, 6.45) is 2.67. The Bertz CT molecular complexity index is 297. The number of likely N-dealkylation sites (N-methyl/N-ethyl adjacent to an activating group) is 1. The summed E-state index contributed by atoms with van der Waals surface area (Å²) < 4.78 is 5.14. The van der Waals surface area contributed by atoms with Gasteiger partial charge < -0.3 is 10.1 Å². The van der Waals surface area contributed by atoms with Crippen molar-refractivity contribution in [2.45, 2.75) is 25.8 Å². The van der Waals surface area contributed by atoms with E-state index in [1.165, 1.54) is 0 Å². The third-order valence-corrected chi connectivity index (χ3v) is 2.32. The van der Waals surface area contributed by atoms with Gasteiger partial charge in [-0.05, 0) is 27.0 Å². The molecule has 0 fully saturated rings. The molecule has 0 aromatic carbocycles. The highest BCUT2D eigenvalue weighted by atomic mass is 16.5. The van der Waals surface area contributed by atoms with Crippen molar-refractivity contribution in [3.8, 4) is 5.75 Å². The maximum Gasteiger partial charge on any atom is 0.122 e. The molecule has 0 aliphatic rings. The Hall–Kier alpha value is -1.09. The Morgan fingerprint density at radius 3 is 2.79 bits per heavy atom. The minimum absolute atomic E-state index is 0.0688. The fourth-order valence-corrected chi connectivity index (χ4v) is 1.22. The lowest BCUT2D eigenvalue weighted by atomic mass is 9.98. The molecule has 0 bridgehead atoms. The molecule has 0 amide bonds. The number of hydrogen-bond acceptors (Lipinski definition) is 3. The van der Waals surface area contributed by atoms with Crippen LogP contribution < -0.4 is 10.1 Å². The fraction of sp³-hybridized carbons (Fsp3) is 0.545. The second-order valence-electron chi connectivity index (χ2n) is 4.00. The van der Waals surface area contributed by atoms with Gasteiger partial charge in [0.2, 0.25) is 0 Å². The number of aromatic nitrogens is 1. The quantitative estimate of drug-likeness (QED) is 0.791. The van der Waals surface area contributed by atoms with E-state index in [1.54, 1.807) is 13.3 Å². The molecule has 3 nitrogen and oxygen atoms in total. The number of pyridine rings is 1. The Balaban J connectivity index is 2.76. The monoisotopic (exact) mass is 194 g/mol. The van der Waals surface area contributed by atoms with Gasteiger partial charge in [0.1, 0.15) is 5.75 Å². The van der Waals surface area contributed by atoms with Gasteiger partial charge in [0.25, 0.3) is 0 Å². The van der Waals surface area contributed by atoms with Gasteiger partial charge in [-0.25, -0.2) is 0 Å². The summed E-state index contributed by atoms with van der Waals surface area (Å²) in [5, 5.41) is 3.25. The Labute approximate surface area is 85.5 Å².